The molecule has 0 aromatic carbocycles. The van der Waals surface area contributed by atoms with E-state index in [9.17, 15) is 0 Å². The Kier molecular flexibility index (Phi) is 3.22. The molecule has 0 spiro atoms. The van der Waals surface area contributed by atoms with Crippen molar-refractivity contribution in [1.82, 2.24) is 10.3 Å². The molecule has 78 valence electrons. The fourth-order valence-corrected chi connectivity index (χ4v) is 1.85. The van der Waals surface area contributed by atoms with E-state index in [0.717, 1.165) is 18.8 Å². The number of aromatic amines is 1. The second-order valence-corrected chi connectivity index (χ2v) is 3.89. The van der Waals surface area contributed by atoms with E-state index in [2.05, 4.69) is 23.3 Å². The Labute approximate surface area is 84.9 Å². The number of hydrogen-bond donors (Lipinski definition) is 2. The molecule has 3 nitrogen and oxygen atoms in total. The summed E-state index contributed by atoms with van der Waals surface area (Å²) in [5.41, 5.74) is 1.16. The Morgan fingerprint density at radius 1 is 1.64 bits per heavy atom. The summed E-state index contributed by atoms with van der Waals surface area (Å²) in [5.74, 6) is 0. The van der Waals surface area contributed by atoms with Crippen molar-refractivity contribution in [3.05, 3.63) is 24.0 Å². The summed E-state index contributed by atoms with van der Waals surface area (Å²) in [7, 11) is 0. The quantitative estimate of drug-likeness (QED) is 0.767. The monoisotopic (exact) mass is 194 g/mol. The van der Waals surface area contributed by atoms with Gasteiger partial charge in [-0.05, 0) is 38.4 Å². The second kappa shape index (κ2) is 4.62. The summed E-state index contributed by atoms with van der Waals surface area (Å²) in [4.78, 5) is 3.17. The van der Waals surface area contributed by atoms with Gasteiger partial charge in [0.25, 0.3) is 0 Å². The highest BCUT2D eigenvalue weighted by Gasteiger charge is 2.15. The van der Waals surface area contributed by atoms with E-state index in [4.69, 9.17) is 4.74 Å². The fourth-order valence-electron chi connectivity index (χ4n) is 1.85. The fraction of sp³-hybridized carbons (Fsp3) is 0.636. The first-order valence-electron chi connectivity index (χ1n) is 5.34. The van der Waals surface area contributed by atoms with Crippen molar-refractivity contribution in [2.45, 2.75) is 31.9 Å². The van der Waals surface area contributed by atoms with Crippen LogP contribution >= 0.6 is 0 Å². The molecule has 1 aliphatic heterocycles. The number of H-pyrrole nitrogens is 1. The first-order valence-corrected chi connectivity index (χ1v) is 5.34. The van der Waals surface area contributed by atoms with E-state index in [1.165, 1.54) is 12.8 Å². The molecule has 0 aliphatic carbocycles. The van der Waals surface area contributed by atoms with Crippen molar-refractivity contribution in [2.24, 2.45) is 0 Å². The van der Waals surface area contributed by atoms with Crippen LogP contribution in [0.25, 0.3) is 0 Å². The lowest BCUT2D eigenvalue weighted by atomic mass is 10.2. The van der Waals surface area contributed by atoms with Crippen LogP contribution in [-0.4, -0.2) is 24.2 Å². The van der Waals surface area contributed by atoms with Gasteiger partial charge in [-0.25, -0.2) is 0 Å². The van der Waals surface area contributed by atoms with Crippen LogP contribution in [0.2, 0.25) is 0 Å². The van der Waals surface area contributed by atoms with Gasteiger partial charge >= 0.3 is 0 Å². The molecule has 3 heteroatoms. The maximum atomic E-state index is 5.78. The lowest BCUT2D eigenvalue weighted by molar-refractivity contribution is 0.0502. The molecule has 2 N–H and O–H groups in total. The van der Waals surface area contributed by atoms with Crippen LogP contribution in [0.5, 0.6) is 0 Å². The van der Waals surface area contributed by atoms with E-state index < -0.39 is 0 Å². The van der Waals surface area contributed by atoms with E-state index >= 15 is 0 Å². The number of hydrogen-bond acceptors (Lipinski definition) is 2. The first kappa shape index (κ1) is 9.74. The van der Waals surface area contributed by atoms with Crippen LogP contribution in [-0.2, 0) is 4.74 Å². The van der Waals surface area contributed by atoms with Crippen molar-refractivity contribution >= 4 is 0 Å². The van der Waals surface area contributed by atoms with Crippen LogP contribution in [0.1, 0.15) is 31.6 Å². The Hall–Kier alpha value is -0.800. The van der Waals surface area contributed by atoms with Gasteiger partial charge in [0.05, 0.1) is 12.7 Å². The summed E-state index contributed by atoms with van der Waals surface area (Å²) in [6.45, 7) is 4.05. The number of nitrogens with one attached hydrogen (secondary N) is 2. The first-order chi connectivity index (χ1) is 6.86. The summed E-state index contributed by atoms with van der Waals surface area (Å²) < 4.78 is 5.78. The molecule has 1 aromatic heterocycles. The summed E-state index contributed by atoms with van der Waals surface area (Å²) in [5, 5.41) is 3.42. The molecule has 0 saturated carbocycles. The average Bonchev–Trinajstić information content (AvgIpc) is 2.87. The van der Waals surface area contributed by atoms with Crippen molar-refractivity contribution in [2.75, 3.05) is 13.2 Å². The highest BCUT2D eigenvalue weighted by Crippen LogP contribution is 2.15. The molecule has 0 unspecified atom stereocenters. The summed E-state index contributed by atoms with van der Waals surface area (Å²) >= 11 is 0. The lowest BCUT2D eigenvalue weighted by Gasteiger charge is -2.15. The van der Waals surface area contributed by atoms with Gasteiger partial charge in [0, 0.05) is 17.9 Å². The highest BCUT2D eigenvalue weighted by atomic mass is 16.5. The maximum Gasteiger partial charge on any atom is 0.0945 e. The minimum absolute atomic E-state index is 0.174. The molecule has 1 saturated heterocycles. The molecule has 1 fully saturated rings. The van der Waals surface area contributed by atoms with Gasteiger partial charge in [0.15, 0.2) is 0 Å². The van der Waals surface area contributed by atoms with Crippen LogP contribution < -0.4 is 5.32 Å². The zero-order valence-corrected chi connectivity index (χ0v) is 8.62. The van der Waals surface area contributed by atoms with E-state index in [1.807, 2.05) is 12.3 Å². The zero-order chi connectivity index (χ0) is 9.80. The van der Waals surface area contributed by atoms with Crippen molar-refractivity contribution in [3.8, 4) is 0 Å². The zero-order valence-electron chi connectivity index (χ0n) is 8.62. The molecule has 0 radical (unpaired) electrons. The third-order valence-electron chi connectivity index (χ3n) is 2.77. The Morgan fingerprint density at radius 3 is 3.21 bits per heavy atom. The smallest absolute Gasteiger partial charge is 0.0945 e. The van der Waals surface area contributed by atoms with Crippen LogP contribution in [0.3, 0.4) is 0 Å². The Morgan fingerprint density at radius 2 is 2.57 bits per heavy atom. The van der Waals surface area contributed by atoms with E-state index in [-0.39, 0.29) is 6.10 Å². The summed E-state index contributed by atoms with van der Waals surface area (Å²) in [6.07, 6.45) is 4.64. The van der Waals surface area contributed by atoms with Gasteiger partial charge < -0.3 is 15.0 Å². The van der Waals surface area contributed by atoms with Gasteiger partial charge in [-0.2, -0.15) is 0 Å². The Bertz CT molecular complexity index is 252. The molecule has 1 aliphatic rings. The van der Waals surface area contributed by atoms with Gasteiger partial charge in [-0.1, -0.05) is 0 Å². The lowest BCUT2D eigenvalue weighted by Crippen LogP contribution is -2.27. The van der Waals surface area contributed by atoms with Gasteiger partial charge in [0.2, 0.25) is 0 Å². The second-order valence-electron chi connectivity index (χ2n) is 3.89. The molecule has 14 heavy (non-hydrogen) atoms. The predicted octanol–water partition coefficient (Wildman–Crippen LogP) is 1.84. The largest absolute Gasteiger partial charge is 0.371 e. The molecule has 2 heterocycles. The number of ether oxygens (including phenoxy) is 1. The molecule has 0 bridgehead atoms. The molecule has 2 rings (SSSR count). The third-order valence-corrected chi connectivity index (χ3v) is 2.77. The van der Waals surface area contributed by atoms with Crippen LogP contribution in [0.15, 0.2) is 18.3 Å². The predicted molar refractivity (Wildman–Crippen MR) is 56.2 cm³/mol. The molecular formula is C11H18N2O. The highest BCUT2D eigenvalue weighted by molar-refractivity contribution is 5.06. The molecular weight excluding hydrogens is 176 g/mol. The van der Waals surface area contributed by atoms with Crippen LogP contribution in [0.4, 0.5) is 0 Å². The number of aromatic nitrogens is 1. The minimum atomic E-state index is 0.174. The topological polar surface area (TPSA) is 37.0 Å². The van der Waals surface area contributed by atoms with E-state index in [0.29, 0.717) is 6.04 Å². The molecule has 0 amide bonds. The van der Waals surface area contributed by atoms with Gasteiger partial charge in [0.1, 0.15) is 0 Å². The molecule has 2 atom stereocenters. The van der Waals surface area contributed by atoms with Crippen LogP contribution in [0, 0.1) is 0 Å². The van der Waals surface area contributed by atoms with Gasteiger partial charge in [-0.15, -0.1) is 0 Å². The Balaban J connectivity index is 1.74. The minimum Gasteiger partial charge on any atom is -0.371 e. The maximum absolute atomic E-state index is 5.78. The van der Waals surface area contributed by atoms with Gasteiger partial charge in [-0.3, -0.25) is 0 Å². The van der Waals surface area contributed by atoms with Crippen molar-refractivity contribution in [1.29, 1.82) is 0 Å². The number of rotatable bonds is 4. The van der Waals surface area contributed by atoms with Crippen molar-refractivity contribution < 1.29 is 4.74 Å². The SMILES string of the molecule is C[C@@H](OC[C@H]1CCCN1)c1ccc[nH]1. The van der Waals surface area contributed by atoms with Crippen molar-refractivity contribution in [3.63, 3.8) is 0 Å². The molecule has 1 aromatic rings. The normalized spacial score (nSPS) is 23.9. The van der Waals surface area contributed by atoms with E-state index in [1.54, 1.807) is 0 Å². The third kappa shape index (κ3) is 2.36. The summed E-state index contributed by atoms with van der Waals surface area (Å²) in [6, 6.07) is 4.63. The standard InChI is InChI=1S/C11H18N2O/c1-9(11-5-3-7-13-11)14-8-10-4-2-6-12-10/h3,5,7,9-10,12-13H,2,4,6,8H2,1H3/t9-,10-/m1/s1. The average molecular weight is 194 g/mol.